The Labute approximate surface area is 197 Å². The van der Waals surface area contributed by atoms with Gasteiger partial charge in [-0.3, -0.25) is 4.79 Å². The van der Waals surface area contributed by atoms with Crippen LogP contribution in [-0.4, -0.2) is 41.0 Å². The molecule has 3 aromatic rings. The second kappa shape index (κ2) is 9.41. The normalized spacial score (nSPS) is 16.8. The summed E-state index contributed by atoms with van der Waals surface area (Å²) in [6, 6.07) is 13.8. The standard InChI is InChI=1S/C25H27N3O4S/c1-16-4-2-5-18-11-19(24(29)27-23(16)18)14-28(25(33)26-12-20-6-3-9-30-20)13-17-7-8-21-22(10-17)32-15-31-21/h2,4-5,7-8,10-11,20H,3,6,9,12-15H2,1H3,(H,26,33)(H,27,29)/t20-/m0/s1. The molecule has 2 aromatic carbocycles. The number of aromatic nitrogens is 1. The first-order valence-electron chi connectivity index (χ1n) is 11.2. The van der Waals surface area contributed by atoms with Crippen LogP contribution in [0.1, 0.15) is 29.5 Å². The van der Waals surface area contributed by atoms with Crippen LogP contribution in [0.25, 0.3) is 10.9 Å². The quantitative estimate of drug-likeness (QED) is 0.539. The molecule has 1 atom stereocenters. The van der Waals surface area contributed by atoms with Crippen LogP contribution in [-0.2, 0) is 17.8 Å². The van der Waals surface area contributed by atoms with Crippen molar-refractivity contribution in [1.82, 2.24) is 15.2 Å². The number of para-hydroxylation sites is 1. The number of nitrogens with zero attached hydrogens (tertiary/aromatic N) is 1. The van der Waals surface area contributed by atoms with Crippen molar-refractivity contribution in [3.8, 4) is 11.5 Å². The van der Waals surface area contributed by atoms with Gasteiger partial charge in [0.2, 0.25) is 6.79 Å². The monoisotopic (exact) mass is 465 g/mol. The minimum Gasteiger partial charge on any atom is -0.454 e. The number of H-pyrrole nitrogens is 1. The predicted molar refractivity (Wildman–Crippen MR) is 131 cm³/mol. The van der Waals surface area contributed by atoms with E-state index in [9.17, 15) is 4.79 Å². The third-order valence-electron chi connectivity index (χ3n) is 6.13. The van der Waals surface area contributed by atoms with Crippen LogP contribution < -0.4 is 20.3 Å². The van der Waals surface area contributed by atoms with Gasteiger partial charge in [-0.2, -0.15) is 0 Å². The van der Waals surface area contributed by atoms with Crippen LogP contribution in [0.3, 0.4) is 0 Å². The lowest BCUT2D eigenvalue weighted by Gasteiger charge is -2.27. The molecule has 0 spiro atoms. The fraction of sp³-hybridized carbons (Fsp3) is 0.360. The largest absolute Gasteiger partial charge is 0.454 e. The third-order valence-corrected chi connectivity index (χ3v) is 6.53. The van der Waals surface area contributed by atoms with Crippen molar-refractivity contribution in [2.24, 2.45) is 0 Å². The smallest absolute Gasteiger partial charge is 0.253 e. The Hall–Kier alpha value is -3.10. The molecular formula is C25H27N3O4S. The van der Waals surface area contributed by atoms with Crippen molar-refractivity contribution < 1.29 is 14.2 Å². The molecular weight excluding hydrogens is 438 g/mol. The minimum absolute atomic E-state index is 0.102. The van der Waals surface area contributed by atoms with Crippen LogP contribution >= 0.6 is 12.2 Å². The molecule has 0 aliphatic carbocycles. The van der Waals surface area contributed by atoms with Crippen LogP contribution in [0.5, 0.6) is 11.5 Å². The minimum atomic E-state index is -0.102. The number of hydrogen-bond acceptors (Lipinski definition) is 5. The summed E-state index contributed by atoms with van der Waals surface area (Å²) in [6.07, 6.45) is 2.27. The summed E-state index contributed by atoms with van der Waals surface area (Å²) in [7, 11) is 0. The lowest BCUT2D eigenvalue weighted by molar-refractivity contribution is 0.113. The molecule has 33 heavy (non-hydrogen) atoms. The lowest BCUT2D eigenvalue weighted by Crippen LogP contribution is -2.42. The van der Waals surface area contributed by atoms with Crippen LogP contribution in [0.2, 0.25) is 0 Å². The van der Waals surface area contributed by atoms with E-state index in [0.29, 0.717) is 30.3 Å². The molecule has 8 heteroatoms. The molecule has 1 fully saturated rings. The summed E-state index contributed by atoms with van der Waals surface area (Å²) >= 11 is 5.76. The Bertz CT molecular complexity index is 1240. The van der Waals surface area contributed by atoms with E-state index in [0.717, 1.165) is 53.0 Å². The van der Waals surface area contributed by atoms with E-state index < -0.39 is 0 Å². The topological polar surface area (TPSA) is 75.8 Å². The zero-order valence-corrected chi connectivity index (χ0v) is 19.4. The molecule has 7 nitrogen and oxygen atoms in total. The average Bonchev–Trinajstić information content (AvgIpc) is 3.50. The Morgan fingerprint density at radius 2 is 2.06 bits per heavy atom. The second-order valence-corrected chi connectivity index (χ2v) is 8.91. The molecule has 1 aromatic heterocycles. The highest BCUT2D eigenvalue weighted by atomic mass is 32.1. The van der Waals surface area contributed by atoms with E-state index in [1.54, 1.807) is 0 Å². The molecule has 0 bridgehead atoms. The number of aryl methyl sites for hydroxylation is 1. The first-order chi connectivity index (χ1) is 16.1. The molecule has 0 unspecified atom stereocenters. The van der Waals surface area contributed by atoms with Gasteiger partial charge >= 0.3 is 0 Å². The fourth-order valence-corrected chi connectivity index (χ4v) is 4.54. The van der Waals surface area contributed by atoms with Gasteiger partial charge in [-0.1, -0.05) is 24.3 Å². The third kappa shape index (κ3) is 4.82. The average molecular weight is 466 g/mol. The van der Waals surface area contributed by atoms with E-state index in [4.69, 9.17) is 26.4 Å². The van der Waals surface area contributed by atoms with Crippen molar-refractivity contribution >= 4 is 28.2 Å². The molecule has 0 radical (unpaired) electrons. The Kier molecular flexibility index (Phi) is 6.20. The second-order valence-electron chi connectivity index (χ2n) is 8.53. The molecule has 3 heterocycles. The summed E-state index contributed by atoms with van der Waals surface area (Å²) in [6.45, 7) is 4.59. The number of nitrogens with one attached hydrogen (secondary N) is 2. The summed E-state index contributed by atoms with van der Waals surface area (Å²) in [5.41, 5.74) is 3.49. The number of hydrogen-bond donors (Lipinski definition) is 2. The summed E-state index contributed by atoms with van der Waals surface area (Å²) < 4.78 is 16.7. The number of rotatable bonds is 6. The first kappa shape index (κ1) is 21.7. The van der Waals surface area contributed by atoms with Gasteiger partial charge in [-0.15, -0.1) is 0 Å². The molecule has 0 amide bonds. The van der Waals surface area contributed by atoms with Crippen molar-refractivity contribution in [2.75, 3.05) is 19.9 Å². The molecule has 1 saturated heterocycles. The SMILES string of the molecule is Cc1cccc2cc(CN(Cc3ccc4c(c3)OCO4)C(=S)NC[C@@H]3CCCO3)c(=O)[nH]c12. The zero-order valence-electron chi connectivity index (χ0n) is 18.6. The summed E-state index contributed by atoms with van der Waals surface area (Å²) in [5, 5.41) is 4.94. The Morgan fingerprint density at radius 3 is 2.91 bits per heavy atom. The first-order valence-corrected chi connectivity index (χ1v) is 11.6. The summed E-state index contributed by atoms with van der Waals surface area (Å²) in [4.78, 5) is 18.0. The van der Waals surface area contributed by atoms with E-state index in [-0.39, 0.29) is 18.5 Å². The number of thiocarbonyl (C=S) groups is 1. The highest BCUT2D eigenvalue weighted by Gasteiger charge is 2.20. The van der Waals surface area contributed by atoms with Gasteiger partial charge in [-0.25, -0.2) is 0 Å². The molecule has 172 valence electrons. The fourth-order valence-electron chi connectivity index (χ4n) is 4.33. The highest BCUT2D eigenvalue weighted by molar-refractivity contribution is 7.80. The number of ether oxygens (including phenoxy) is 3. The predicted octanol–water partition coefficient (Wildman–Crippen LogP) is 3.62. The van der Waals surface area contributed by atoms with E-state index in [1.165, 1.54) is 0 Å². The van der Waals surface area contributed by atoms with Crippen molar-refractivity contribution in [3.05, 3.63) is 69.5 Å². The van der Waals surface area contributed by atoms with Crippen molar-refractivity contribution in [3.63, 3.8) is 0 Å². The summed E-state index contributed by atoms with van der Waals surface area (Å²) in [5.74, 6) is 1.47. The number of pyridine rings is 1. The van der Waals surface area contributed by atoms with E-state index in [2.05, 4.69) is 10.3 Å². The molecule has 0 saturated carbocycles. The van der Waals surface area contributed by atoms with Crippen molar-refractivity contribution in [2.45, 2.75) is 39.0 Å². The molecule has 2 N–H and O–H groups in total. The van der Waals surface area contributed by atoms with Gasteiger partial charge in [0.25, 0.3) is 5.56 Å². The lowest BCUT2D eigenvalue weighted by atomic mass is 10.1. The van der Waals surface area contributed by atoms with Crippen LogP contribution in [0.15, 0.2) is 47.3 Å². The number of benzene rings is 2. The van der Waals surface area contributed by atoms with Gasteiger partial charge in [0.1, 0.15) is 0 Å². The van der Waals surface area contributed by atoms with Gasteiger partial charge in [0.05, 0.1) is 18.2 Å². The maximum absolute atomic E-state index is 12.9. The number of fused-ring (bicyclic) bond motifs is 2. The number of aromatic amines is 1. The van der Waals surface area contributed by atoms with Gasteiger partial charge in [0.15, 0.2) is 16.6 Å². The molecule has 2 aliphatic heterocycles. The Morgan fingerprint density at radius 1 is 1.18 bits per heavy atom. The molecule has 2 aliphatic rings. The maximum Gasteiger partial charge on any atom is 0.253 e. The van der Waals surface area contributed by atoms with Gasteiger partial charge in [-0.05, 0) is 66.7 Å². The highest BCUT2D eigenvalue weighted by Crippen LogP contribution is 2.33. The van der Waals surface area contributed by atoms with Crippen LogP contribution in [0, 0.1) is 6.92 Å². The van der Waals surface area contributed by atoms with E-state index >= 15 is 0 Å². The Balaban J connectivity index is 1.40. The zero-order chi connectivity index (χ0) is 22.8. The van der Waals surface area contributed by atoms with Gasteiger partial charge < -0.3 is 29.4 Å². The van der Waals surface area contributed by atoms with E-state index in [1.807, 2.05) is 54.3 Å². The maximum atomic E-state index is 12.9. The molecule has 5 rings (SSSR count). The van der Waals surface area contributed by atoms with Crippen molar-refractivity contribution in [1.29, 1.82) is 0 Å². The van der Waals surface area contributed by atoms with Crippen LogP contribution in [0.4, 0.5) is 0 Å². The van der Waals surface area contributed by atoms with Gasteiger partial charge in [0, 0.05) is 25.3 Å².